The molecule has 1 unspecified atom stereocenters. The minimum atomic E-state index is -0.438. The first-order valence-corrected chi connectivity index (χ1v) is 7.85. The van der Waals surface area contributed by atoms with E-state index in [1.165, 1.54) is 13.5 Å². The maximum atomic E-state index is 10.9. The van der Waals surface area contributed by atoms with Crippen LogP contribution in [0.4, 0.5) is 4.79 Å². The summed E-state index contributed by atoms with van der Waals surface area (Å²) in [7, 11) is 2.92. The van der Waals surface area contributed by atoms with E-state index in [-0.39, 0.29) is 11.8 Å². The van der Waals surface area contributed by atoms with Crippen molar-refractivity contribution in [1.82, 2.24) is 10.6 Å². The molecular weight excluding hydrogens is 296 g/mol. The summed E-state index contributed by atoms with van der Waals surface area (Å²) in [5.41, 5.74) is 1.80. The van der Waals surface area contributed by atoms with Crippen LogP contribution in [0.3, 0.4) is 0 Å². The predicted molar refractivity (Wildman–Crippen MR) is 91.6 cm³/mol. The van der Waals surface area contributed by atoms with Crippen molar-refractivity contribution >= 4 is 6.09 Å². The lowest BCUT2D eigenvalue weighted by Crippen LogP contribution is -2.32. The number of carbonyl (C=O) groups excluding carboxylic acids is 1. The largest absolute Gasteiger partial charge is 0.508 e. The fourth-order valence-electron chi connectivity index (χ4n) is 1.79. The van der Waals surface area contributed by atoms with E-state index in [9.17, 15) is 9.90 Å². The zero-order chi connectivity index (χ0) is 17.7. The second kappa shape index (κ2) is 12.7. The first-order valence-electron chi connectivity index (χ1n) is 7.85. The minimum Gasteiger partial charge on any atom is -0.508 e. The van der Waals surface area contributed by atoms with E-state index in [0.29, 0.717) is 19.7 Å². The summed E-state index contributed by atoms with van der Waals surface area (Å²) in [5.74, 6) is 0.232. The average Bonchev–Trinajstić information content (AvgIpc) is 2.54. The van der Waals surface area contributed by atoms with Crippen molar-refractivity contribution in [2.24, 2.45) is 0 Å². The van der Waals surface area contributed by atoms with Crippen LogP contribution in [-0.2, 0) is 16.1 Å². The highest BCUT2D eigenvalue weighted by molar-refractivity contribution is 5.66. The fourth-order valence-corrected chi connectivity index (χ4v) is 1.79. The van der Waals surface area contributed by atoms with Crippen molar-refractivity contribution in [2.45, 2.75) is 39.8 Å². The number of hydrogen-bond acceptors (Lipinski definition) is 5. The van der Waals surface area contributed by atoms with Crippen molar-refractivity contribution in [3.8, 4) is 5.75 Å². The third-order valence-electron chi connectivity index (χ3n) is 2.93. The number of benzene rings is 1. The highest BCUT2D eigenvalue weighted by Crippen LogP contribution is 2.22. The van der Waals surface area contributed by atoms with Crippen molar-refractivity contribution < 1.29 is 19.4 Å². The van der Waals surface area contributed by atoms with Crippen LogP contribution in [0.25, 0.3) is 0 Å². The Labute approximate surface area is 139 Å². The molecule has 0 aromatic heterocycles. The molecule has 0 heterocycles. The molecule has 0 aliphatic carbocycles. The molecular formula is C17H30N2O4. The van der Waals surface area contributed by atoms with E-state index in [4.69, 9.17) is 4.74 Å². The van der Waals surface area contributed by atoms with E-state index in [1.807, 2.05) is 19.1 Å². The SMILES string of the molecule is CCC.COCc1cc(C(C)NCCNC(=O)OC)ccc1O. The molecule has 6 nitrogen and oxygen atoms in total. The second-order valence-electron chi connectivity index (χ2n) is 5.12. The number of hydrogen-bond donors (Lipinski definition) is 3. The van der Waals surface area contributed by atoms with Crippen LogP contribution in [0.2, 0.25) is 0 Å². The molecule has 0 saturated heterocycles. The third kappa shape index (κ3) is 9.05. The van der Waals surface area contributed by atoms with Gasteiger partial charge >= 0.3 is 6.09 Å². The Bertz CT molecular complexity index is 452. The first-order chi connectivity index (χ1) is 11.0. The summed E-state index contributed by atoms with van der Waals surface area (Å²) in [6.07, 6.45) is 0.812. The molecule has 0 fully saturated rings. The van der Waals surface area contributed by atoms with Crippen LogP contribution in [0.15, 0.2) is 18.2 Å². The number of methoxy groups -OCH3 is 2. The number of aromatic hydroxyl groups is 1. The molecule has 0 saturated carbocycles. The number of amides is 1. The smallest absolute Gasteiger partial charge is 0.406 e. The number of phenolic OH excluding ortho intramolecular Hbond substituents is 1. The van der Waals surface area contributed by atoms with Gasteiger partial charge in [-0.25, -0.2) is 4.79 Å². The molecule has 1 atom stereocenters. The van der Waals surface area contributed by atoms with Gasteiger partial charge in [0.15, 0.2) is 0 Å². The molecule has 1 amide bonds. The first kappa shape index (κ1) is 21.2. The van der Waals surface area contributed by atoms with Gasteiger partial charge in [0.2, 0.25) is 0 Å². The second-order valence-corrected chi connectivity index (χ2v) is 5.12. The number of nitrogens with one attached hydrogen (secondary N) is 2. The topological polar surface area (TPSA) is 79.8 Å². The Hall–Kier alpha value is -1.79. The molecule has 132 valence electrons. The van der Waals surface area contributed by atoms with Gasteiger partial charge in [0.25, 0.3) is 0 Å². The van der Waals surface area contributed by atoms with E-state index in [0.717, 1.165) is 11.1 Å². The molecule has 23 heavy (non-hydrogen) atoms. The lowest BCUT2D eigenvalue weighted by Gasteiger charge is -2.16. The highest BCUT2D eigenvalue weighted by atomic mass is 16.5. The van der Waals surface area contributed by atoms with Gasteiger partial charge in [0.1, 0.15) is 5.75 Å². The zero-order valence-electron chi connectivity index (χ0n) is 14.8. The summed E-state index contributed by atoms with van der Waals surface area (Å²) in [6.45, 7) is 7.74. The molecule has 1 aromatic rings. The fraction of sp³-hybridized carbons (Fsp3) is 0.588. The quantitative estimate of drug-likeness (QED) is 0.671. The number of phenols is 1. The van der Waals surface area contributed by atoms with Crippen molar-refractivity contribution in [3.05, 3.63) is 29.3 Å². The maximum Gasteiger partial charge on any atom is 0.406 e. The van der Waals surface area contributed by atoms with Gasteiger partial charge in [-0.15, -0.1) is 0 Å². The summed E-state index contributed by atoms with van der Waals surface area (Å²) >= 11 is 0. The van der Waals surface area contributed by atoms with Gasteiger partial charge in [-0.3, -0.25) is 0 Å². The summed E-state index contributed by atoms with van der Waals surface area (Å²) in [4.78, 5) is 10.9. The number of carbonyl (C=O) groups is 1. The van der Waals surface area contributed by atoms with Crippen LogP contribution in [0.1, 0.15) is 44.4 Å². The summed E-state index contributed by atoms with van der Waals surface area (Å²) < 4.78 is 9.52. The van der Waals surface area contributed by atoms with Crippen molar-refractivity contribution in [3.63, 3.8) is 0 Å². The molecule has 3 N–H and O–H groups in total. The third-order valence-corrected chi connectivity index (χ3v) is 2.93. The average molecular weight is 326 g/mol. The predicted octanol–water partition coefficient (Wildman–Crippen LogP) is 2.96. The van der Waals surface area contributed by atoms with Crippen LogP contribution < -0.4 is 10.6 Å². The molecule has 0 aliphatic rings. The normalized spacial score (nSPS) is 11.2. The summed E-state index contributed by atoms with van der Waals surface area (Å²) in [5, 5.41) is 15.6. The minimum absolute atomic E-state index is 0.102. The van der Waals surface area contributed by atoms with Crippen LogP contribution >= 0.6 is 0 Å². The monoisotopic (exact) mass is 326 g/mol. The van der Waals surface area contributed by atoms with E-state index in [1.54, 1.807) is 13.2 Å². The van der Waals surface area contributed by atoms with Gasteiger partial charge in [-0.05, 0) is 24.6 Å². The molecule has 0 aliphatic heterocycles. The zero-order valence-corrected chi connectivity index (χ0v) is 14.8. The van der Waals surface area contributed by atoms with Gasteiger partial charge in [-0.1, -0.05) is 26.3 Å². The Morgan fingerprint density at radius 3 is 2.48 bits per heavy atom. The van der Waals surface area contributed by atoms with Gasteiger partial charge in [-0.2, -0.15) is 0 Å². The number of rotatable bonds is 7. The van der Waals surface area contributed by atoms with Gasteiger partial charge in [0, 0.05) is 31.8 Å². The Balaban J connectivity index is 0.00000149. The van der Waals surface area contributed by atoms with Gasteiger partial charge < -0.3 is 25.2 Å². The standard InChI is InChI=1S/C14H22N2O4.C3H8/c1-10(15-6-7-16-14(18)20-3)11-4-5-13(17)12(8-11)9-19-2;1-3-2/h4-5,8,10,15,17H,6-7,9H2,1-3H3,(H,16,18);3H2,1-2H3. The van der Waals surface area contributed by atoms with E-state index < -0.39 is 6.09 Å². The van der Waals surface area contributed by atoms with Crippen molar-refractivity contribution in [2.75, 3.05) is 27.3 Å². The molecule has 0 radical (unpaired) electrons. The lowest BCUT2D eigenvalue weighted by molar-refractivity contribution is 0.171. The maximum absolute atomic E-state index is 10.9. The van der Waals surface area contributed by atoms with Crippen LogP contribution in [-0.4, -0.2) is 38.5 Å². The van der Waals surface area contributed by atoms with Crippen LogP contribution in [0.5, 0.6) is 5.75 Å². The molecule has 1 rings (SSSR count). The highest BCUT2D eigenvalue weighted by Gasteiger charge is 2.08. The Morgan fingerprint density at radius 1 is 1.26 bits per heavy atom. The molecule has 6 heteroatoms. The number of alkyl carbamates (subject to hydrolysis) is 1. The van der Waals surface area contributed by atoms with Crippen LogP contribution in [0, 0.1) is 0 Å². The summed E-state index contributed by atoms with van der Waals surface area (Å²) in [6, 6.07) is 5.53. The Morgan fingerprint density at radius 2 is 1.91 bits per heavy atom. The Kier molecular flexibility index (Phi) is 11.7. The molecule has 0 spiro atoms. The lowest BCUT2D eigenvalue weighted by atomic mass is 10.0. The van der Waals surface area contributed by atoms with E-state index >= 15 is 0 Å². The molecule has 0 bridgehead atoms. The van der Waals surface area contributed by atoms with Gasteiger partial charge in [0.05, 0.1) is 13.7 Å². The molecule has 1 aromatic carbocycles. The van der Waals surface area contributed by atoms with E-state index in [2.05, 4.69) is 29.2 Å². The van der Waals surface area contributed by atoms with Crippen molar-refractivity contribution in [1.29, 1.82) is 0 Å². The number of ether oxygens (including phenoxy) is 2.